The Morgan fingerprint density at radius 3 is 2.53 bits per heavy atom. The zero-order valence-corrected chi connectivity index (χ0v) is 21.7. The number of carbonyl (C=O) groups is 2. The zero-order valence-electron chi connectivity index (χ0n) is 21.7. The number of likely N-dealkylation sites (tertiary alicyclic amines) is 1. The smallest absolute Gasteiger partial charge is 0.253 e. The number of amides is 2. The SMILES string of the molecule is C/C=C\C(=C/CCC1CN(C(=O)/C(CCCC)=C(/CC)OCC)C1)c1cccc(C(=O)NC)c1. The van der Waals surface area contributed by atoms with Crippen LogP contribution in [0.1, 0.15) is 82.1 Å². The average molecular weight is 467 g/mol. The monoisotopic (exact) mass is 466 g/mol. The summed E-state index contributed by atoms with van der Waals surface area (Å²) in [7, 11) is 1.65. The summed E-state index contributed by atoms with van der Waals surface area (Å²) < 4.78 is 5.80. The van der Waals surface area contributed by atoms with Crippen LogP contribution < -0.4 is 5.32 Å². The molecule has 0 bridgehead atoms. The quantitative estimate of drug-likeness (QED) is 0.216. The first-order valence-corrected chi connectivity index (χ1v) is 12.8. The molecule has 1 fully saturated rings. The van der Waals surface area contributed by atoms with Gasteiger partial charge in [0, 0.05) is 32.1 Å². The van der Waals surface area contributed by atoms with Crippen molar-refractivity contribution in [3.8, 4) is 0 Å². The topological polar surface area (TPSA) is 58.6 Å². The van der Waals surface area contributed by atoms with Crippen LogP contribution in [0.4, 0.5) is 0 Å². The van der Waals surface area contributed by atoms with Crippen molar-refractivity contribution in [2.75, 3.05) is 26.7 Å². The van der Waals surface area contributed by atoms with Gasteiger partial charge in [-0.25, -0.2) is 0 Å². The maximum atomic E-state index is 13.2. The molecule has 1 aromatic rings. The number of rotatable bonds is 13. The molecule has 186 valence electrons. The molecule has 0 aromatic heterocycles. The molecular formula is C29H42N2O3. The van der Waals surface area contributed by atoms with E-state index in [1.165, 1.54) is 0 Å². The molecular weight excluding hydrogens is 424 g/mol. The fraction of sp³-hybridized carbons (Fsp3) is 0.517. The van der Waals surface area contributed by atoms with Gasteiger partial charge in [0.2, 0.25) is 0 Å². The minimum atomic E-state index is -0.0798. The summed E-state index contributed by atoms with van der Waals surface area (Å²) in [6.07, 6.45) is 12.0. The molecule has 0 saturated carbocycles. The van der Waals surface area contributed by atoms with Crippen molar-refractivity contribution in [3.05, 3.63) is 65.0 Å². The Morgan fingerprint density at radius 2 is 1.91 bits per heavy atom. The number of benzene rings is 1. The molecule has 1 saturated heterocycles. The van der Waals surface area contributed by atoms with Gasteiger partial charge in [-0.3, -0.25) is 9.59 Å². The molecule has 5 nitrogen and oxygen atoms in total. The molecule has 1 N–H and O–H groups in total. The third-order valence-corrected chi connectivity index (χ3v) is 6.23. The summed E-state index contributed by atoms with van der Waals surface area (Å²) in [6.45, 7) is 10.4. The lowest BCUT2D eigenvalue weighted by atomic mass is 9.91. The van der Waals surface area contributed by atoms with Gasteiger partial charge in [-0.15, -0.1) is 0 Å². The minimum absolute atomic E-state index is 0.0798. The molecule has 5 heteroatoms. The highest BCUT2D eigenvalue weighted by Gasteiger charge is 2.32. The summed E-state index contributed by atoms with van der Waals surface area (Å²) in [4.78, 5) is 27.1. The van der Waals surface area contributed by atoms with Crippen LogP contribution in [-0.2, 0) is 9.53 Å². The second-order valence-electron chi connectivity index (χ2n) is 8.76. The number of hydrogen-bond acceptors (Lipinski definition) is 3. The summed E-state index contributed by atoms with van der Waals surface area (Å²) in [5.41, 5.74) is 3.69. The van der Waals surface area contributed by atoms with E-state index < -0.39 is 0 Å². The third kappa shape index (κ3) is 7.61. The van der Waals surface area contributed by atoms with E-state index in [2.05, 4.69) is 31.3 Å². The van der Waals surface area contributed by atoms with Crippen LogP contribution in [0.3, 0.4) is 0 Å². The first-order valence-electron chi connectivity index (χ1n) is 12.8. The van der Waals surface area contributed by atoms with Crippen molar-refractivity contribution < 1.29 is 14.3 Å². The van der Waals surface area contributed by atoms with Crippen molar-refractivity contribution in [3.63, 3.8) is 0 Å². The number of allylic oxidation sites excluding steroid dienone is 5. The number of nitrogens with one attached hydrogen (secondary N) is 1. The highest BCUT2D eigenvalue weighted by molar-refractivity contribution is 5.95. The van der Waals surface area contributed by atoms with Gasteiger partial charge in [0.25, 0.3) is 11.8 Å². The highest BCUT2D eigenvalue weighted by atomic mass is 16.5. The second kappa shape index (κ2) is 14.4. The first kappa shape index (κ1) is 27.4. The standard InChI is InChI=1S/C29H42N2O3/c1-6-10-18-26(27(8-3)34-9-4)29(33)31-20-22(21-31)14-11-15-23(13-7-2)24-16-12-17-25(19-24)28(32)30-5/h7,12-13,15-17,19,22H,6,8-11,14,18,20-21H2,1-5H3,(H,30,32)/b13-7-,23-15+,27-26-. The van der Waals surface area contributed by atoms with E-state index in [4.69, 9.17) is 4.74 Å². The molecule has 0 aliphatic carbocycles. The molecule has 0 spiro atoms. The molecule has 0 atom stereocenters. The molecule has 2 amide bonds. The fourth-order valence-corrected chi connectivity index (χ4v) is 4.33. The third-order valence-electron chi connectivity index (χ3n) is 6.23. The van der Waals surface area contributed by atoms with Gasteiger partial charge in [0.05, 0.1) is 12.2 Å². The molecule has 2 rings (SSSR count). The molecule has 1 heterocycles. The Kier molecular flexibility index (Phi) is 11.7. The Bertz CT molecular complexity index is 908. The summed E-state index contributed by atoms with van der Waals surface area (Å²) in [5.74, 6) is 1.46. The predicted octanol–water partition coefficient (Wildman–Crippen LogP) is 6.14. The van der Waals surface area contributed by atoms with Crippen LogP contribution in [-0.4, -0.2) is 43.5 Å². The second-order valence-corrected chi connectivity index (χ2v) is 8.76. The van der Waals surface area contributed by atoms with Crippen LogP contribution in [0.25, 0.3) is 5.57 Å². The Hall–Kier alpha value is -2.82. The van der Waals surface area contributed by atoms with Crippen LogP contribution in [0.2, 0.25) is 0 Å². The normalized spacial score (nSPS) is 15.2. The van der Waals surface area contributed by atoms with Crippen molar-refractivity contribution in [1.29, 1.82) is 0 Å². The Labute approximate surface area is 205 Å². The highest BCUT2D eigenvalue weighted by Crippen LogP contribution is 2.28. The van der Waals surface area contributed by atoms with E-state index in [9.17, 15) is 9.59 Å². The molecule has 34 heavy (non-hydrogen) atoms. The van der Waals surface area contributed by atoms with Gasteiger partial charge in [0.1, 0.15) is 5.76 Å². The zero-order chi connectivity index (χ0) is 24.9. The van der Waals surface area contributed by atoms with Gasteiger partial charge in [-0.1, -0.05) is 50.6 Å². The molecule has 0 radical (unpaired) electrons. The van der Waals surface area contributed by atoms with Crippen molar-refractivity contribution >= 4 is 17.4 Å². The lowest BCUT2D eigenvalue weighted by Gasteiger charge is -2.40. The van der Waals surface area contributed by atoms with Crippen molar-refractivity contribution in [2.24, 2.45) is 5.92 Å². The van der Waals surface area contributed by atoms with Crippen LogP contribution in [0.5, 0.6) is 0 Å². The van der Waals surface area contributed by atoms with Gasteiger partial charge in [-0.05, 0) is 68.7 Å². The molecule has 1 aromatic carbocycles. The van der Waals surface area contributed by atoms with Crippen molar-refractivity contribution in [1.82, 2.24) is 10.2 Å². The van der Waals surface area contributed by atoms with Crippen molar-refractivity contribution in [2.45, 2.75) is 66.2 Å². The summed E-state index contributed by atoms with van der Waals surface area (Å²) in [5, 5.41) is 2.68. The van der Waals surface area contributed by atoms with Gasteiger partial charge >= 0.3 is 0 Å². The Morgan fingerprint density at radius 1 is 1.18 bits per heavy atom. The van der Waals surface area contributed by atoms with Crippen LogP contribution in [0.15, 0.2) is 53.8 Å². The fourth-order valence-electron chi connectivity index (χ4n) is 4.33. The number of hydrogen-bond donors (Lipinski definition) is 1. The largest absolute Gasteiger partial charge is 0.498 e. The van der Waals surface area contributed by atoms with E-state index in [1.807, 2.05) is 49.1 Å². The maximum Gasteiger partial charge on any atom is 0.253 e. The number of nitrogens with zero attached hydrogens (tertiary/aromatic N) is 1. The predicted molar refractivity (Wildman–Crippen MR) is 140 cm³/mol. The van der Waals surface area contributed by atoms with E-state index >= 15 is 0 Å². The number of carbonyl (C=O) groups excluding carboxylic acids is 2. The lowest BCUT2D eigenvalue weighted by molar-refractivity contribution is -0.133. The summed E-state index contributed by atoms with van der Waals surface area (Å²) in [6, 6.07) is 7.72. The van der Waals surface area contributed by atoms with Crippen LogP contribution >= 0.6 is 0 Å². The van der Waals surface area contributed by atoms with E-state index in [0.717, 1.165) is 74.1 Å². The molecule has 0 unspecified atom stereocenters. The number of ether oxygens (including phenoxy) is 1. The Balaban J connectivity index is 1.99. The first-order chi connectivity index (χ1) is 16.5. The number of unbranched alkanes of at least 4 members (excludes halogenated alkanes) is 1. The van der Waals surface area contributed by atoms with Gasteiger partial charge in [-0.2, -0.15) is 0 Å². The minimum Gasteiger partial charge on any atom is -0.498 e. The maximum absolute atomic E-state index is 13.2. The van der Waals surface area contributed by atoms with E-state index in [1.54, 1.807) is 7.05 Å². The average Bonchev–Trinajstić information content (AvgIpc) is 2.83. The van der Waals surface area contributed by atoms with E-state index in [0.29, 0.717) is 18.1 Å². The summed E-state index contributed by atoms with van der Waals surface area (Å²) >= 11 is 0. The van der Waals surface area contributed by atoms with Gasteiger partial charge in [0.15, 0.2) is 0 Å². The van der Waals surface area contributed by atoms with Gasteiger partial charge < -0.3 is 15.0 Å². The van der Waals surface area contributed by atoms with E-state index in [-0.39, 0.29) is 11.8 Å². The molecule has 1 aliphatic heterocycles. The lowest BCUT2D eigenvalue weighted by Crippen LogP contribution is -2.50. The molecule has 1 aliphatic rings. The van der Waals surface area contributed by atoms with Crippen LogP contribution in [0, 0.1) is 5.92 Å².